The van der Waals surface area contributed by atoms with Gasteiger partial charge in [-0.05, 0) is 132 Å². The van der Waals surface area contributed by atoms with Gasteiger partial charge < -0.3 is 45.3 Å². The summed E-state index contributed by atoms with van der Waals surface area (Å²) < 4.78 is 19.4. The lowest BCUT2D eigenvalue weighted by Crippen LogP contribution is -2.65. The number of phenolic OH excluding ortho intramolecular Hbond substituents is 1. The van der Waals surface area contributed by atoms with Gasteiger partial charge in [-0.25, -0.2) is 4.79 Å². The number of rotatable bonds is 17. The van der Waals surface area contributed by atoms with Crippen LogP contribution in [-0.2, 0) is 36.7 Å². The minimum absolute atomic E-state index is 0.0219. The number of piperidine rings is 2. The number of amides is 1. The summed E-state index contributed by atoms with van der Waals surface area (Å²) in [6.45, 7) is 4.99. The molecule has 2 saturated carbocycles. The van der Waals surface area contributed by atoms with Crippen LogP contribution in [0.25, 0.3) is 0 Å². The van der Waals surface area contributed by atoms with Crippen LogP contribution < -0.4 is 15.4 Å². The van der Waals surface area contributed by atoms with Gasteiger partial charge in [0, 0.05) is 49.9 Å². The number of esters is 2. The fourth-order valence-corrected chi connectivity index (χ4v) is 11.3. The van der Waals surface area contributed by atoms with Gasteiger partial charge in [-0.3, -0.25) is 9.59 Å². The largest absolute Gasteiger partial charge is 0.504 e. The maximum absolute atomic E-state index is 14.9. The zero-order valence-electron chi connectivity index (χ0n) is 33.8. The number of carbonyl (C=O) groups excluding carboxylic acids is 3. The van der Waals surface area contributed by atoms with E-state index >= 15 is 0 Å². The van der Waals surface area contributed by atoms with Gasteiger partial charge >= 0.3 is 11.9 Å². The molecule has 56 heavy (non-hydrogen) atoms. The van der Waals surface area contributed by atoms with Gasteiger partial charge in [0.2, 0.25) is 5.91 Å². The second-order valence-corrected chi connectivity index (χ2v) is 18.1. The van der Waals surface area contributed by atoms with E-state index < -0.39 is 41.2 Å². The van der Waals surface area contributed by atoms with Crippen LogP contribution in [0.5, 0.6) is 11.5 Å². The highest BCUT2D eigenvalue weighted by Crippen LogP contribution is 2.51. The third kappa shape index (κ3) is 9.34. The van der Waals surface area contributed by atoms with Crippen molar-refractivity contribution in [2.45, 2.75) is 160 Å². The van der Waals surface area contributed by atoms with Gasteiger partial charge in [-0.15, -0.1) is 0 Å². The van der Waals surface area contributed by atoms with E-state index in [0.29, 0.717) is 96.1 Å². The molecule has 3 heterocycles. The quantitative estimate of drug-likeness (QED) is 0.117. The third-order valence-electron chi connectivity index (χ3n) is 14.6. The van der Waals surface area contributed by atoms with E-state index in [9.17, 15) is 34.8 Å². The molecule has 0 aromatic heterocycles. The highest BCUT2D eigenvalue weighted by molar-refractivity contribution is 5.90. The smallest absolute Gasteiger partial charge is 0.332 e. The highest BCUT2D eigenvalue weighted by atomic mass is 16.6. The lowest BCUT2D eigenvalue weighted by Gasteiger charge is -2.49. The van der Waals surface area contributed by atoms with Gasteiger partial charge in [0.25, 0.3) is 0 Å². The zero-order valence-corrected chi connectivity index (χ0v) is 33.8. The van der Waals surface area contributed by atoms with Crippen molar-refractivity contribution >= 4 is 17.8 Å². The van der Waals surface area contributed by atoms with E-state index in [-0.39, 0.29) is 54.5 Å². The van der Waals surface area contributed by atoms with E-state index in [0.717, 1.165) is 56.1 Å². The van der Waals surface area contributed by atoms with E-state index in [1.54, 1.807) is 13.0 Å². The van der Waals surface area contributed by atoms with Crippen molar-refractivity contribution in [3.05, 3.63) is 23.3 Å². The number of benzene rings is 1. The number of aliphatic hydroxyl groups excluding tert-OH is 3. The molecule has 6 rings (SSSR count). The molecule has 2 saturated heterocycles. The number of hydrogen-bond donors (Lipinski definition) is 6. The summed E-state index contributed by atoms with van der Waals surface area (Å²) in [6, 6.07) is 3.66. The molecule has 12 heteroatoms. The predicted octanol–water partition coefficient (Wildman–Crippen LogP) is 5.03. The van der Waals surface area contributed by atoms with E-state index in [2.05, 4.69) is 10.6 Å². The van der Waals surface area contributed by atoms with Gasteiger partial charge in [0.05, 0.1) is 12.7 Å². The number of carbonyl (C=O) groups is 3. The monoisotopic (exact) mass is 784 g/mol. The summed E-state index contributed by atoms with van der Waals surface area (Å²) in [6.07, 6.45) is 11.1. The molecule has 314 valence electrons. The number of aromatic hydroxyl groups is 1. The number of nitrogens with one attached hydrogen (secondary N) is 2. The fraction of sp³-hybridized carbons (Fsp3) is 0.795. The predicted molar refractivity (Wildman–Crippen MR) is 210 cm³/mol. The molecule has 3 aliphatic heterocycles. The maximum atomic E-state index is 14.9. The van der Waals surface area contributed by atoms with E-state index in [1.165, 1.54) is 6.92 Å². The van der Waals surface area contributed by atoms with Crippen molar-refractivity contribution < 1.29 is 49.0 Å². The Labute approximate surface area is 332 Å². The van der Waals surface area contributed by atoms with E-state index in [4.69, 9.17) is 14.2 Å². The van der Waals surface area contributed by atoms with Crippen LogP contribution in [-0.4, -0.2) is 95.0 Å². The molecule has 7 atom stereocenters. The lowest BCUT2D eigenvalue weighted by molar-refractivity contribution is -0.179. The minimum atomic E-state index is -1.11. The van der Waals surface area contributed by atoms with Crippen LogP contribution in [0.4, 0.5) is 0 Å². The Morgan fingerprint density at radius 1 is 0.964 bits per heavy atom. The number of fused-ring (bicyclic) bond motifs is 2. The summed E-state index contributed by atoms with van der Waals surface area (Å²) in [5.74, 6) is -0.567. The highest BCUT2D eigenvalue weighted by Gasteiger charge is 2.54. The first-order chi connectivity index (χ1) is 26.9. The van der Waals surface area contributed by atoms with Crippen LogP contribution in [0.2, 0.25) is 0 Å². The summed E-state index contributed by atoms with van der Waals surface area (Å²) in [7, 11) is 0. The van der Waals surface area contributed by atoms with Gasteiger partial charge in [-0.2, -0.15) is 0 Å². The summed E-state index contributed by atoms with van der Waals surface area (Å²) in [5, 5.41) is 48.6. The van der Waals surface area contributed by atoms with Crippen LogP contribution in [0.1, 0.15) is 134 Å². The molecular weight excluding hydrogens is 716 g/mol. The molecular formula is C44H68N2O10. The molecule has 12 nitrogen and oxygen atoms in total. The summed E-state index contributed by atoms with van der Waals surface area (Å²) in [5.41, 5.74) is -0.0181. The molecule has 7 unspecified atom stereocenters. The van der Waals surface area contributed by atoms with Gasteiger partial charge in [0.1, 0.15) is 17.7 Å². The Morgan fingerprint density at radius 3 is 2.41 bits per heavy atom. The first kappa shape index (κ1) is 42.7. The molecule has 1 aromatic rings. The lowest BCUT2D eigenvalue weighted by atomic mass is 9.65. The standard InChI is InChI=1S/C44H68N2O10/c1-29(49)10-11-31(8-7-23-47)37(55-30(2)50)25-38(56-41(53)44-18-4-3-9-33(44)13-15-39(52)46-44)42(19-21-45-22-20-42)26-32-12-14-36(51)40-35(32)24-34(27-54-40)43(28-48)16-5-6-17-43/h12,14,29,31,33-34,37-38,45,47-49,51H,3-11,13,15-28H2,1-2H3,(H,46,52). The normalized spacial score (nSPS) is 27.7. The number of ether oxygens (including phenoxy) is 3. The Balaban J connectivity index is 1.41. The summed E-state index contributed by atoms with van der Waals surface area (Å²) in [4.78, 5) is 40.8. The second kappa shape index (κ2) is 18.8. The molecule has 6 N–H and O–H groups in total. The fourth-order valence-electron chi connectivity index (χ4n) is 11.3. The van der Waals surface area contributed by atoms with Crippen molar-refractivity contribution in [1.29, 1.82) is 0 Å². The number of phenols is 1. The molecule has 1 aromatic carbocycles. The van der Waals surface area contributed by atoms with Gasteiger partial charge in [0.15, 0.2) is 11.5 Å². The van der Waals surface area contributed by atoms with Crippen LogP contribution in [0, 0.1) is 28.6 Å². The van der Waals surface area contributed by atoms with E-state index in [1.807, 2.05) is 6.07 Å². The SMILES string of the molecule is CC(=O)OC(CC(OC(=O)C12CCCCC1CCC(=O)N2)C1(Cc2ccc(O)c3c2CC(C2(CO)CCCC2)CO3)CCNCC1)C(CCCO)CCC(C)O. The third-order valence-corrected chi connectivity index (χ3v) is 14.6. The second-order valence-electron chi connectivity index (χ2n) is 18.1. The minimum Gasteiger partial charge on any atom is -0.504 e. The molecule has 5 aliphatic rings. The van der Waals surface area contributed by atoms with Crippen LogP contribution in [0.15, 0.2) is 12.1 Å². The molecule has 0 bridgehead atoms. The zero-order chi connectivity index (χ0) is 39.9. The van der Waals surface area contributed by atoms with Crippen molar-refractivity contribution in [3.63, 3.8) is 0 Å². The van der Waals surface area contributed by atoms with Crippen molar-refractivity contribution in [2.75, 3.05) is 32.9 Å². The first-order valence-corrected chi connectivity index (χ1v) is 21.7. The average molecular weight is 785 g/mol. The van der Waals surface area contributed by atoms with Crippen molar-refractivity contribution in [2.24, 2.45) is 28.6 Å². The average Bonchev–Trinajstić information content (AvgIpc) is 3.69. The summed E-state index contributed by atoms with van der Waals surface area (Å²) >= 11 is 0. The maximum Gasteiger partial charge on any atom is 0.332 e. The molecule has 0 spiro atoms. The Bertz CT molecular complexity index is 1500. The van der Waals surface area contributed by atoms with Crippen molar-refractivity contribution in [3.8, 4) is 11.5 Å². The van der Waals surface area contributed by atoms with Crippen LogP contribution >= 0.6 is 0 Å². The van der Waals surface area contributed by atoms with Crippen molar-refractivity contribution in [1.82, 2.24) is 10.6 Å². The molecule has 2 aliphatic carbocycles. The van der Waals surface area contributed by atoms with Crippen LogP contribution in [0.3, 0.4) is 0 Å². The molecule has 1 amide bonds. The number of aliphatic hydroxyl groups is 3. The first-order valence-electron chi connectivity index (χ1n) is 21.7. The Morgan fingerprint density at radius 2 is 1.71 bits per heavy atom. The molecule has 4 fully saturated rings. The topological polar surface area (TPSA) is 184 Å². The van der Waals surface area contributed by atoms with Gasteiger partial charge in [-0.1, -0.05) is 31.7 Å². The Hall–Kier alpha value is -2.93. The molecule has 0 radical (unpaired) electrons. The number of hydrogen-bond acceptors (Lipinski definition) is 11. The Kier molecular flexibility index (Phi) is 14.3.